The second-order valence-corrected chi connectivity index (χ2v) is 5.25. The van der Waals surface area contributed by atoms with Crippen molar-refractivity contribution in [3.8, 4) is 0 Å². The summed E-state index contributed by atoms with van der Waals surface area (Å²) in [6, 6.07) is 0.278. The van der Waals surface area contributed by atoms with Crippen molar-refractivity contribution in [2.45, 2.75) is 26.8 Å². The lowest BCUT2D eigenvalue weighted by Gasteiger charge is -2.29. The van der Waals surface area contributed by atoms with Crippen LogP contribution in [0.3, 0.4) is 0 Å². The molecular weight excluding hydrogens is 208 g/mol. The Balaban J connectivity index is 4.40. The molecule has 2 atom stereocenters. The molecule has 0 aliphatic rings. The Hall–Kier alpha value is -0.220. The zero-order chi connectivity index (χ0) is 12.0. The first-order valence-corrected chi connectivity index (χ1v) is 6.80. The third-order valence-electron chi connectivity index (χ3n) is 2.79. The SMILES string of the molecule is CSCC(C)N(C)C(=O)C(CN)C(C)C. The van der Waals surface area contributed by atoms with Gasteiger partial charge in [0.25, 0.3) is 0 Å². The monoisotopic (exact) mass is 232 g/mol. The Bertz CT molecular complexity index is 197. The third kappa shape index (κ3) is 4.43. The fourth-order valence-electron chi connectivity index (χ4n) is 1.49. The van der Waals surface area contributed by atoms with E-state index in [0.717, 1.165) is 5.75 Å². The summed E-state index contributed by atoms with van der Waals surface area (Å²) in [7, 11) is 1.87. The van der Waals surface area contributed by atoms with Gasteiger partial charge >= 0.3 is 0 Å². The number of thioether (sulfide) groups is 1. The molecule has 0 spiro atoms. The standard InChI is InChI=1S/C11H24N2OS/c1-8(2)10(6-12)11(14)13(4)9(3)7-15-5/h8-10H,6-7,12H2,1-5H3. The summed E-state index contributed by atoms with van der Waals surface area (Å²) >= 11 is 1.76. The zero-order valence-electron chi connectivity index (χ0n) is 10.5. The summed E-state index contributed by atoms with van der Waals surface area (Å²) in [5, 5.41) is 0. The van der Waals surface area contributed by atoms with Crippen molar-refractivity contribution in [3.05, 3.63) is 0 Å². The van der Waals surface area contributed by atoms with E-state index < -0.39 is 0 Å². The summed E-state index contributed by atoms with van der Waals surface area (Å²) in [6.45, 7) is 6.60. The zero-order valence-corrected chi connectivity index (χ0v) is 11.3. The molecule has 0 aromatic rings. The van der Waals surface area contributed by atoms with Crippen molar-refractivity contribution in [1.82, 2.24) is 4.90 Å². The highest BCUT2D eigenvalue weighted by atomic mass is 32.2. The Labute approximate surface area is 97.8 Å². The molecule has 4 heteroatoms. The van der Waals surface area contributed by atoms with Gasteiger partial charge in [0.15, 0.2) is 0 Å². The molecule has 0 saturated carbocycles. The van der Waals surface area contributed by atoms with E-state index >= 15 is 0 Å². The van der Waals surface area contributed by atoms with Crippen LogP contribution >= 0.6 is 11.8 Å². The number of carbonyl (C=O) groups excluding carboxylic acids is 1. The first kappa shape index (κ1) is 14.8. The predicted molar refractivity (Wildman–Crippen MR) is 68.0 cm³/mol. The minimum Gasteiger partial charge on any atom is -0.342 e. The van der Waals surface area contributed by atoms with Gasteiger partial charge in [-0.25, -0.2) is 0 Å². The highest BCUT2D eigenvalue weighted by Crippen LogP contribution is 2.15. The Morgan fingerprint density at radius 2 is 1.93 bits per heavy atom. The van der Waals surface area contributed by atoms with E-state index in [2.05, 4.69) is 13.2 Å². The second-order valence-electron chi connectivity index (χ2n) is 4.34. The summed E-state index contributed by atoms with van der Waals surface area (Å²) < 4.78 is 0. The van der Waals surface area contributed by atoms with Gasteiger partial charge in [0.05, 0.1) is 5.92 Å². The molecule has 0 aliphatic carbocycles. The second kappa shape index (κ2) is 7.12. The van der Waals surface area contributed by atoms with Gasteiger partial charge in [0.2, 0.25) is 5.91 Å². The largest absolute Gasteiger partial charge is 0.342 e. The van der Waals surface area contributed by atoms with Crippen molar-refractivity contribution in [2.75, 3.05) is 25.6 Å². The van der Waals surface area contributed by atoms with Crippen LogP contribution in [-0.4, -0.2) is 42.4 Å². The molecule has 0 aliphatic heterocycles. The summed E-state index contributed by atoms with van der Waals surface area (Å²) in [6.07, 6.45) is 2.05. The van der Waals surface area contributed by atoms with Crippen LogP contribution in [0.2, 0.25) is 0 Å². The third-order valence-corrected chi connectivity index (χ3v) is 3.61. The lowest BCUT2D eigenvalue weighted by atomic mass is 9.94. The average Bonchev–Trinajstić information content (AvgIpc) is 2.17. The van der Waals surface area contributed by atoms with E-state index in [1.165, 1.54) is 0 Å². The van der Waals surface area contributed by atoms with Crippen molar-refractivity contribution in [2.24, 2.45) is 17.6 Å². The number of amides is 1. The number of rotatable bonds is 6. The van der Waals surface area contributed by atoms with E-state index in [1.807, 2.05) is 25.8 Å². The van der Waals surface area contributed by atoms with Crippen LogP contribution in [0.25, 0.3) is 0 Å². The molecule has 0 rings (SSSR count). The number of nitrogens with zero attached hydrogens (tertiary/aromatic N) is 1. The van der Waals surface area contributed by atoms with Crippen LogP contribution < -0.4 is 5.73 Å². The Morgan fingerprint density at radius 3 is 2.27 bits per heavy atom. The minimum absolute atomic E-state index is 0.0423. The van der Waals surface area contributed by atoms with Gasteiger partial charge in [0, 0.05) is 25.4 Å². The highest BCUT2D eigenvalue weighted by molar-refractivity contribution is 7.98. The molecule has 3 nitrogen and oxygen atoms in total. The number of hydrogen-bond donors (Lipinski definition) is 1. The topological polar surface area (TPSA) is 46.3 Å². The van der Waals surface area contributed by atoms with Crippen molar-refractivity contribution in [1.29, 1.82) is 0 Å². The maximum absolute atomic E-state index is 12.1. The van der Waals surface area contributed by atoms with E-state index in [-0.39, 0.29) is 17.9 Å². The summed E-state index contributed by atoms with van der Waals surface area (Å²) in [4.78, 5) is 13.9. The fraction of sp³-hybridized carbons (Fsp3) is 0.909. The van der Waals surface area contributed by atoms with Gasteiger partial charge in [-0.05, 0) is 19.1 Å². The molecule has 1 amide bonds. The molecule has 0 bridgehead atoms. The van der Waals surface area contributed by atoms with Crippen LogP contribution in [0.1, 0.15) is 20.8 Å². The predicted octanol–water partition coefficient (Wildman–Crippen LogP) is 1.43. The van der Waals surface area contributed by atoms with Gasteiger partial charge in [-0.2, -0.15) is 11.8 Å². The van der Waals surface area contributed by atoms with Crippen molar-refractivity contribution in [3.63, 3.8) is 0 Å². The molecule has 90 valence electrons. The van der Waals surface area contributed by atoms with Crippen molar-refractivity contribution >= 4 is 17.7 Å². The van der Waals surface area contributed by atoms with Crippen LogP contribution in [0, 0.1) is 11.8 Å². The van der Waals surface area contributed by atoms with Crippen molar-refractivity contribution < 1.29 is 4.79 Å². The lowest BCUT2D eigenvalue weighted by molar-refractivity contribution is -0.136. The van der Waals surface area contributed by atoms with E-state index in [1.54, 1.807) is 11.8 Å². The molecule has 2 N–H and O–H groups in total. The van der Waals surface area contributed by atoms with Gasteiger partial charge < -0.3 is 10.6 Å². The first-order valence-electron chi connectivity index (χ1n) is 5.41. The average molecular weight is 232 g/mol. The normalized spacial score (nSPS) is 15.1. The van der Waals surface area contributed by atoms with Crippen LogP contribution in [0.4, 0.5) is 0 Å². The van der Waals surface area contributed by atoms with Crippen LogP contribution in [0.5, 0.6) is 0 Å². The van der Waals surface area contributed by atoms with E-state index in [4.69, 9.17) is 5.73 Å². The number of nitrogens with two attached hydrogens (primary N) is 1. The first-order chi connectivity index (χ1) is 6.95. The molecule has 0 aromatic heterocycles. The van der Waals surface area contributed by atoms with Crippen LogP contribution in [0.15, 0.2) is 0 Å². The summed E-state index contributed by atoms with van der Waals surface area (Å²) in [5.74, 6) is 1.41. The van der Waals surface area contributed by atoms with Gasteiger partial charge in [0.1, 0.15) is 0 Å². The smallest absolute Gasteiger partial charge is 0.227 e. The molecule has 0 saturated heterocycles. The molecule has 2 unspecified atom stereocenters. The van der Waals surface area contributed by atoms with Crippen LogP contribution in [-0.2, 0) is 4.79 Å². The van der Waals surface area contributed by atoms with E-state index in [9.17, 15) is 4.79 Å². The summed E-state index contributed by atoms with van der Waals surface area (Å²) in [5.41, 5.74) is 5.63. The molecule has 0 fully saturated rings. The number of carbonyl (C=O) groups is 1. The fourth-order valence-corrected chi connectivity index (χ4v) is 2.20. The maximum atomic E-state index is 12.1. The maximum Gasteiger partial charge on any atom is 0.227 e. The molecule has 0 heterocycles. The minimum atomic E-state index is -0.0423. The molecule has 0 radical (unpaired) electrons. The quantitative estimate of drug-likeness (QED) is 0.753. The molecule has 15 heavy (non-hydrogen) atoms. The van der Waals surface area contributed by atoms with Gasteiger partial charge in [-0.3, -0.25) is 4.79 Å². The van der Waals surface area contributed by atoms with Gasteiger partial charge in [-0.1, -0.05) is 13.8 Å². The van der Waals surface area contributed by atoms with E-state index in [0.29, 0.717) is 12.5 Å². The Kier molecular flexibility index (Phi) is 7.02. The lowest BCUT2D eigenvalue weighted by Crippen LogP contribution is -2.44. The molecule has 0 aromatic carbocycles. The Morgan fingerprint density at radius 1 is 1.40 bits per heavy atom. The molecular formula is C11H24N2OS. The highest BCUT2D eigenvalue weighted by Gasteiger charge is 2.25. The van der Waals surface area contributed by atoms with Gasteiger partial charge in [-0.15, -0.1) is 0 Å². The number of hydrogen-bond acceptors (Lipinski definition) is 3.